The van der Waals surface area contributed by atoms with Gasteiger partial charge >= 0.3 is 4.87 Å². The summed E-state index contributed by atoms with van der Waals surface area (Å²) in [5.74, 6) is -1.05. The second-order valence-corrected chi connectivity index (χ2v) is 5.16. The minimum absolute atomic E-state index is 0.0433. The van der Waals surface area contributed by atoms with Gasteiger partial charge in [-0.05, 0) is 6.42 Å². The second-order valence-electron chi connectivity index (χ2n) is 4.22. The molecule has 2 amide bonds. The van der Waals surface area contributed by atoms with Crippen molar-refractivity contribution in [2.45, 2.75) is 18.9 Å². The van der Waals surface area contributed by atoms with Gasteiger partial charge in [0.25, 0.3) is 5.56 Å². The van der Waals surface area contributed by atoms with Crippen LogP contribution in [0.4, 0.5) is 0 Å². The van der Waals surface area contributed by atoms with Crippen LogP contribution in [0.3, 0.4) is 0 Å². The van der Waals surface area contributed by atoms with Crippen LogP contribution in [0, 0.1) is 0 Å². The number of amides is 2. The molecule has 3 rings (SSSR count). The van der Waals surface area contributed by atoms with Crippen molar-refractivity contribution < 1.29 is 9.59 Å². The van der Waals surface area contributed by atoms with Gasteiger partial charge in [-0.2, -0.15) is 0 Å². The number of fused-ring (bicyclic) bond motifs is 1. The minimum Gasteiger partial charge on any atom is -0.295 e. The average molecular weight is 292 g/mol. The summed E-state index contributed by atoms with van der Waals surface area (Å²) in [6.45, 7) is 0. The lowest BCUT2D eigenvalue weighted by Gasteiger charge is -2.21. The lowest BCUT2D eigenvalue weighted by atomic mass is 10.1. The Kier molecular flexibility index (Phi) is 2.90. The van der Waals surface area contributed by atoms with Crippen molar-refractivity contribution in [3.8, 4) is 0 Å². The molecule has 1 fully saturated rings. The van der Waals surface area contributed by atoms with E-state index in [2.05, 4.69) is 15.3 Å². The molecule has 1 saturated heterocycles. The molecule has 0 radical (unpaired) electrons. The Balaban J connectivity index is 2.22. The molecule has 0 aromatic carbocycles. The minimum atomic E-state index is -0.977. The van der Waals surface area contributed by atoms with E-state index < -0.39 is 28.3 Å². The zero-order valence-electron chi connectivity index (χ0n) is 10.0. The topological polar surface area (TPSA) is 111 Å². The van der Waals surface area contributed by atoms with Gasteiger partial charge in [0.15, 0.2) is 10.3 Å². The molecule has 0 spiro atoms. The lowest BCUT2D eigenvalue weighted by Crippen LogP contribution is -2.47. The molecule has 1 atom stereocenters. The van der Waals surface area contributed by atoms with Gasteiger partial charge in [0.05, 0.1) is 0 Å². The number of nitrogens with zero attached hydrogens (tertiary/aromatic N) is 3. The van der Waals surface area contributed by atoms with Crippen LogP contribution < -0.4 is 15.7 Å². The van der Waals surface area contributed by atoms with Crippen LogP contribution in [0.25, 0.3) is 10.3 Å². The third kappa shape index (κ3) is 1.92. The highest BCUT2D eigenvalue weighted by molar-refractivity contribution is 7.15. The van der Waals surface area contributed by atoms with Gasteiger partial charge in [0.2, 0.25) is 11.8 Å². The molecule has 1 aliphatic heterocycles. The van der Waals surface area contributed by atoms with Gasteiger partial charge in [0, 0.05) is 18.8 Å². The summed E-state index contributed by atoms with van der Waals surface area (Å²) < 4.78 is 0.851. The van der Waals surface area contributed by atoms with E-state index >= 15 is 0 Å². The smallest absolute Gasteiger partial charge is 0.295 e. The normalized spacial score (nSPS) is 19.1. The molecule has 3 heterocycles. The molecule has 0 bridgehead atoms. The average Bonchev–Trinajstić information content (AvgIpc) is 2.41. The number of hydrogen-bond acceptors (Lipinski definition) is 7. The first-order valence-electron chi connectivity index (χ1n) is 5.78. The SMILES string of the molecule is O=C1CCC(n2c(=O)sc3nccnc3c2=O)C(=O)N1. The molecule has 2 aromatic rings. The Labute approximate surface area is 115 Å². The maximum atomic E-state index is 12.3. The fraction of sp³-hybridized carbons (Fsp3) is 0.273. The fourth-order valence-corrected chi connectivity index (χ4v) is 2.90. The molecule has 1 N–H and O–H groups in total. The van der Waals surface area contributed by atoms with Crippen molar-refractivity contribution in [1.29, 1.82) is 0 Å². The molecule has 102 valence electrons. The van der Waals surface area contributed by atoms with E-state index in [9.17, 15) is 19.2 Å². The monoisotopic (exact) mass is 292 g/mol. The predicted molar refractivity (Wildman–Crippen MR) is 69.4 cm³/mol. The predicted octanol–water partition coefficient (Wildman–Crippen LogP) is -0.809. The van der Waals surface area contributed by atoms with Crippen LogP contribution in [0.15, 0.2) is 22.0 Å². The fourth-order valence-electron chi connectivity index (χ4n) is 2.07. The van der Waals surface area contributed by atoms with Gasteiger partial charge in [-0.1, -0.05) is 11.3 Å². The third-order valence-corrected chi connectivity index (χ3v) is 3.85. The Morgan fingerprint density at radius 2 is 1.95 bits per heavy atom. The van der Waals surface area contributed by atoms with Crippen molar-refractivity contribution in [3.63, 3.8) is 0 Å². The molecular weight excluding hydrogens is 284 g/mol. The maximum absolute atomic E-state index is 12.3. The summed E-state index contributed by atoms with van der Waals surface area (Å²) in [5, 5.41) is 2.12. The highest BCUT2D eigenvalue weighted by Gasteiger charge is 2.31. The van der Waals surface area contributed by atoms with Crippen molar-refractivity contribution in [1.82, 2.24) is 19.9 Å². The standard InChI is InChI=1S/C11H8N4O4S/c16-6-2-1-5(8(17)14-6)15-10(18)7-9(20-11(15)19)13-4-3-12-7/h3-5H,1-2H2,(H,14,16,17). The highest BCUT2D eigenvalue weighted by Crippen LogP contribution is 2.16. The molecule has 0 aliphatic carbocycles. The second kappa shape index (κ2) is 4.60. The summed E-state index contributed by atoms with van der Waals surface area (Å²) in [6.07, 6.45) is 2.94. The number of piperidine rings is 1. The molecule has 1 aliphatic rings. The highest BCUT2D eigenvalue weighted by atomic mass is 32.1. The first-order chi connectivity index (χ1) is 9.58. The van der Waals surface area contributed by atoms with Crippen molar-refractivity contribution in [3.05, 3.63) is 32.4 Å². The van der Waals surface area contributed by atoms with E-state index in [0.717, 1.165) is 15.9 Å². The van der Waals surface area contributed by atoms with Gasteiger partial charge in [0.1, 0.15) is 6.04 Å². The van der Waals surface area contributed by atoms with Crippen molar-refractivity contribution >= 4 is 33.5 Å². The number of nitrogens with one attached hydrogen (secondary N) is 1. The van der Waals surface area contributed by atoms with Crippen LogP contribution in [0.1, 0.15) is 18.9 Å². The van der Waals surface area contributed by atoms with Crippen LogP contribution in [0.2, 0.25) is 0 Å². The number of hydrogen-bond donors (Lipinski definition) is 1. The van der Waals surface area contributed by atoms with Gasteiger partial charge in [-0.3, -0.25) is 29.1 Å². The molecule has 1 unspecified atom stereocenters. The van der Waals surface area contributed by atoms with Crippen molar-refractivity contribution in [2.75, 3.05) is 0 Å². The number of imide groups is 1. The Morgan fingerprint density at radius 3 is 2.70 bits per heavy atom. The van der Waals surface area contributed by atoms with E-state index in [1.807, 2.05) is 0 Å². The summed E-state index contributed by atoms with van der Waals surface area (Å²) in [7, 11) is 0. The van der Waals surface area contributed by atoms with Crippen LogP contribution >= 0.6 is 11.3 Å². The van der Waals surface area contributed by atoms with E-state index in [1.165, 1.54) is 12.4 Å². The van der Waals surface area contributed by atoms with E-state index in [0.29, 0.717) is 0 Å². The Hall–Kier alpha value is -2.42. The van der Waals surface area contributed by atoms with Gasteiger partial charge in [-0.15, -0.1) is 0 Å². The molecule has 20 heavy (non-hydrogen) atoms. The maximum Gasteiger partial charge on any atom is 0.312 e. The van der Waals surface area contributed by atoms with Gasteiger partial charge < -0.3 is 0 Å². The summed E-state index contributed by atoms with van der Waals surface area (Å²) in [5.41, 5.74) is -0.617. The van der Waals surface area contributed by atoms with Crippen molar-refractivity contribution in [2.24, 2.45) is 0 Å². The Bertz CT molecular complexity index is 840. The number of carbonyl (C=O) groups is 2. The zero-order valence-corrected chi connectivity index (χ0v) is 10.8. The zero-order chi connectivity index (χ0) is 14.3. The lowest BCUT2D eigenvalue weighted by molar-refractivity contribution is -0.135. The van der Waals surface area contributed by atoms with Gasteiger partial charge in [-0.25, -0.2) is 9.97 Å². The third-order valence-electron chi connectivity index (χ3n) is 2.99. The molecule has 0 saturated carbocycles. The molecule has 8 nitrogen and oxygen atoms in total. The first kappa shape index (κ1) is 12.6. The molecular formula is C11H8N4O4S. The molecule has 2 aromatic heterocycles. The quantitative estimate of drug-likeness (QED) is 0.688. The van der Waals surface area contributed by atoms with E-state index in [4.69, 9.17) is 0 Å². The summed E-state index contributed by atoms with van der Waals surface area (Å²) in [4.78, 5) is 54.7. The van der Waals surface area contributed by atoms with Crippen LogP contribution in [-0.4, -0.2) is 26.3 Å². The van der Waals surface area contributed by atoms with Crippen LogP contribution in [-0.2, 0) is 9.59 Å². The van der Waals surface area contributed by atoms with E-state index in [1.54, 1.807) is 0 Å². The summed E-state index contributed by atoms with van der Waals surface area (Å²) in [6, 6.07) is -0.977. The Morgan fingerprint density at radius 1 is 1.20 bits per heavy atom. The molecule has 9 heteroatoms. The largest absolute Gasteiger partial charge is 0.312 e. The number of carbonyl (C=O) groups excluding carboxylic acids is 2. The van der Waals surface area contributed by atoms with Crippen LogP contribution in [0.5, 0.6) is 0 Å². The first-order valence-corrected chi connectivity index (χ1v) is 6.59. The number of rotatable bonds is 1. The number of aromatic nitrogens is 3. The van der Waals surface area contributed by atoms with E-state index in [-0.39, 0.29) is 23.2 Å². The summed E-state index contributed by atoms with van der Waals surface area (Å²) >= 11 is 0.748.